The highest BCUT2D eigenvalue weighted by molar-refractivity contribution is 5.95. The Balaban J connectivity index is 1.26. The fourth-order valence-corrected chi connectivity index (χ4v) is 4.21. The van der Waals surface area contributed by atoms with E-state index in [1.807, 2.05) is 0 Å². The number of carbonyl (C=O) groups excluding carboxylic acids is 2. The van der Waals surface area contributed by atoms with Crippen LogP contribution in [0.2, 0.25) is 0 Å². The molecule has 1 aliphatic rings. The number of alkyl halides is 3. The first-order valence-corrected chi connectivity index (χ1v) is 12.3. The number of ether oxygens (including phenoxy) is 1. The van der Waals surface area contributed by atoms with Crippen LogP contribution in [0.1, 0.15) is 52.3 Å². The number of carboxylic acids is 1. The van der Waals surface area contributed by atoms with E-state index >= 15 is 0 Å². The zero-order valence-electron chi connectivity index (χ0n) is 20.7. The molecule has 0 saturated heterocycles. The molecule has 1 saturated carbocycles. The molecule has 0 spiro atoms. The maximum absolute atomic E-state index is 13.4. The van der Waals surface area contributed by atoms with Gasteiger partial charge in [0.1, 0.15) is 5.75 Å². The van der Waals surface area contributed by atoms with E-state index in [0.717, 1.165) is 0 Å². The van der Waals surface area contributed by atoms with E-state index in [-0.39, 0.29) is 36.6 Å². The number of hydrogen-bond acceptors (Lipinski definition) is 6. The molecule has 2 amide bonds. The van der Waals surface area contributed by atoms with Crippen molar-refractivity contribution in [2.75, 3.05) is 13.1 Å². The molecule has 9 nitrogen and oxygen atoms in total. The zero-order chi connectivity index (χ0) is 28.0. The van der Waals surface area contributed by atoms with Gasteiger partial charge in [0, 0.05) is 24.2 Å². The molecule has 1 aliphatic carbocycles. The van der Waals surface area contributed by atoms with E-state index in [9.17, 15) is 27.6 Å². The Morgan fingerprint density at radius 3 is 2.13 bits per heavy atom. The number of oxazole rings is 1. The lowest BCUT2D eigenvalue weighted by Crippen LogP contribution is -2.35. The van der Waals surface area contributed by atoms with Crippen LogP contribution in [0, 0.1) is 5.92 Å². The molecule has 0 aliphatic heterocycles. The van der Waals surface area contributed by atoms with Crippen molar-refractivity contribution in [3.8, 4) is 17.2 Å². The van der Waals surface area contributed by atoms with Crippen molar-refractivity contribution < 1.29 is 41.8 Å². The third kappa shape index (κ3) is 7.15. The van der Waals surface area contributed by atoms with Crippen LogP contribution in [0.3, 0.4) is 0 Å². The van der Waals surface area contributed by atoms with Crippen LogP contribution in [0.15, 0.2) is 59.0 Å². The number of rotatable bonds is 9. The molecule has 3 N–H and O–H groups in total. The summed E-state index contributed by atoms with van der Waals surface area (Å²) >= 11 is 0. The Hall–Kier alpha value is -4.35. The second-order valence-corrected chi connectivity index (χ2v) is 9.03. The van der Waals surface area contributed by atoms with Crippen molar-refractivity contribution in [2.24, 2.45) is 5.92 Å². The second kappa shape index (κ2) is 12.0. The summed E-state index contributed by atoms with van der Waals surface area (Å²) in [4.78, 5) is 39.7. The molecular weight excluding hydrogens is 519 g/mol. The average Bonchev–Trinajstić information content (AvgIpc) is 3.39. The molecule has 1 fully saturated rings. The van der Waals surface area contributed by atoms with E-state index in [1.54, 1.807) is 42.5 Å². The number of aromatic nitrogens is 1. The molecule has 0 bridgehead atoms. The van der Waals surface area contributed by atoms with Crippen LogP contribution in [-0.2, 0) is 11.0 Å². The monoisotopic (exact) mass is 545 g/mol. The van der Waals surface area contributed by atoms with Crippen molar-refractivity contribution >= 4 is 17.8 Å². The Bertz CT molecular complexity index is 1300. The van der Waals surface area contributed by atoms with Crippen LogP contribution in [-0.4, -0.2) is 47.1 Å². The summed E-state index contributed by atoms with van der Waals surface area (Å²) in [5.41, 5.74) is -0.275. The highest BCUT2D eigenvalue weighted by Gasteiger charge is 2.41. The first-order chi connectivity index (χ1) is 18.6. The molecule has 1 aromatic heterocycles. The molecular formula is C27H26F3N3O6. The van der Waals surface area contributed by atoms with Gasteiger partial charge in [-0.2, -0.15) is 13.2 Å². The smallest absolute Gasteiger partial charge is 0.452 e. The van der Waals surface area contributed by atoms with E-state index in [0.29, 0.717) is 37.0 Å². The fourth-order valence-electron chi connectivity index (χ4n) is 4.21. The van der Waals surface area contributed by atoms with Gasteiger partial charge in [-0.1, -0.05) is 18.2 Å². The number of amides is 2. The number of carboxylic acid groups (broad SMARTS) is 1. The van der Waals surface area contributed by atoms with Gasteiger partial charge in [-0.3, -0.25) is 14.4 Å². The summed E-state index contributed by atoms with van der Waals surface area (Å²) < 4.78 is 51.0. The Morgan fingerprint density at radius 2 is 1.54 bits per heavy atom. The molecule has 0 radical (unpaired) electrons. The summed E-state index contributed by atoms with van der Waals surface area (Å²) in [5.74, 6) is -3.93. The number of aliphatic carboxylic acids is 1. The van der Waals surface area contributed by atoms with Crippen LogP contribution in [0.25, 0.3) is 11.5 Å². The SMILES string of the molecule is O=C(NCCNC(=O)c1nc(-c2ccccc2)oc1C(F)(F)F)c1ccc(OC2CCC(C(=O)O)CC2)cc1. The lowest BCUT2D eigenvalue weighted by molar-refractivity contribution is -0.153. The van der Waals surface area contributed by atoms with Gasteiger partial charge in [0.05, 0.1) is 12.0 Å². The third-order valence-electron chi connectivity index (χ3n) is 6.26. The van der Waals surface area contributed by atoms with Gasteiger partial charge in [0.15, 0.2) is 5.69 Å². The van der Waals surface area contributed by atoms with E-state index < -0.39 is 35.4 Å². The number of nitrogens with one attached hydrogen (secondary N) is 2. The van der Waals surface area contributed by atoms with Gasteiger partial charge in [0.25, 0.3) is 11.8 Å². The van der Waals surface area contributed by atoms with Crippen molar-refractivity contribution in [3.05, 3.63) is 71.6 Å². The highest BCUT2D eigenvalue weighted by atomic mass is 19.4. The van der Waals surface area contributed by atoms with Crippen molar-refractivity contribution in [2.45, 2.75) is 38.0 Å². The summed E-state index contributed by atoms with van der Waals surface area (Å²) in [7, 11) is 0. The largest absolute Gasteiger partial charge is 0.490 e. The van der Waals surface area contributed by atoms with Gasteiger partial charge >= 0.3 is 12.1 Å². The topological polar surface area (TPSA) is 131 Å². The number of benzene rings is 2. The van der Waals surface area contributed by atoms with Gasteiger partial charge in [-0.25, -0.2) is 4.98 Å². The van der Waals surface area contributed by atoms with E-state index in [4.69, 9.17) is 14.3 Å². The van der Waals surface area contributed by atoms with Gasteiger partial charge in [-0.15, -0.1) is 0 Å². The number of hydrogen-bond donors (Lipinski definition) is 3. The number of halogens is 3. The van der Waals surface area contributed by atoms with Crippen LogP contribution in [0.4, 0.5) is 13.2 Å². The predicted molar refractivity (Wildman–Crippen MR) is 132 cm³/mol. The molecule has 3 aromatic rings. The summed E-state index contributed by atoms with van der Waals surface area (Å²) in [6, 6.07) is 14.3. The van der Waals surface area contributed by atoms with Crippen molar-refractivity contribution in [1.29, 1.82) is 0 Å². The Labute approximate surface area is 221 Å². The number of carbonyl (C=O) groups is 3. The minimum absolute atomic E-state index is 0.0413. The maximum atomic E-state index is 13.4. The second-order valence-electron chi connectivity index (χ2n) is 9.03. The molecule has 1 heterocycles. The highest BCUT2D eigenvalue weighted by Crippen LogP contribution is 2.35. The van der Waals surface area contributed by atoms with Gasteiger partial charge in [-0.05, 0) is 62.1 Å². The van der Waals surface area contributed by atoms with Gasteiger partial charge < -0.3 is 24.9 Å². The standard InChI is InChI=1S/C27H26F3N3O6/c28-27(29,30)22-21(33-25(39-22)17-4-2-1-3-5-17)24(35)32-15-14-31-23(34)16-6-10-19(11-7-16)38-20-12-8-18(9-13-20)26(36)37/h1-7,10-11,18,20H,8-9,12-15H2,(H,31,34)(H,32,35)(H,36,37). The quantitative estimate of drug-likeness (QED) is 0.337. The summed E-state index contributed by atoms with van der Waals surface area (Å²) in [6.45, 7) is -0.185. The third-order valence-corrected chi connectivity index (χ3v) is 6.26. The van der Waals surface area contributed by atoms with Crippen LogP contribution < -0.4 is 15.4 Å². The predicted octanol–water partition coefficient (Wildman–Crippen LogP) is 4.54. The maximum Gasteiger partial charge on any atom is 0.452 e. The molecule has 0 atom stereocenters. The average molecular weight is 546 g/mol. The molecule has 2 aromatic carbocycles. The molecule has 12 heteroatoms. The summed E-state index contributed by atoms with van der Waals surface area (Å²) in [6.07, 6.45) is -2.63. The van der Waals surface area contributed by atoms with Crippen LogP contribution >= 0.6 is 0 Å². The van der Waals surface area contributed by atoms with E-state index in [1.165, 1.54) is 12.1 Å². The Morgan fingerprint density at radius 1 is 0.923 bits per heavy atom. The first kappa shape index (κ1) is 27.7. The lowest BCUT2D eigenvalue weighted by Gasteiger charge is -2.26. The minimum atomic E-state index is -4.92. The Kier molecular flexibility index (Phi) is 8.52. The molecule has 39 heavy (non-hydrogen) atoms. The normalized spacial score (nSPS) is 17.3. The molecule has 4 rings (SSSR count). The minimum Gasteiger partial charge on any atom is -0.490 e. The summed E-state index contributed by atoms with van der Waals surface area (Å²) in [5, 5.41) is 14.0. The van der Waals surface area contributed by atoms with Crippen molar-refractivity contribution in [1.82, 2.24) is 15.6 Å². The van der Waals surface area contributed by atoms with Gasteiger partial charge in [0.2, 0.25) is 11.7 Å². The number of nitrogens with zero attached hydrogens (tertiary/aromatic N) is 1. The first-order valence-electron chi connectivity index (χ1n) is 12.3. The van der Waals surface area contributed by atoms with Crippen LogP contribution in [0.5, 0.6) is 5.75 Å². The molecule has 206 valence electrons. The molecule has 0 unspecified atom stereocenters. The fraction of sp³-hybridized carbons (Fsp3) is 0.333. The zero-order valence-corrected chi connectivity index (χ0v) is 20.7. The van der Waals surface area contributed by atoms with Crippen molar-refractivity contribution in [3.63, 3.8) is 0 Å². The lowest BCUT2D eigenvalue weighted by atomic mass is 9.87. The van der Waals surface area contributed by atoms with E-state index in [2.05, 4.69) is 15.6 Å².